The quantitative estimate of drug-likeness (QED) is 0.774. The van der Waals surface area contributed by atoms with Crippen LogP contribution in [-0.2, 0) is 6.42 Å². The molecule has 2 fully saturated rings. The second-order valence-corrected chi connectivity index (χ2v) is 6.93. The first-order valence-corrected chi connectivity index (χ1v) is 9.07. The second-order valence-electron chi connectivity index (χ2n) is 6.93. The average molecular weight is 348 g/mol. The monoisotopic (exact) mass is 348 g/mol. The topological polar surface area (TPSA) is 71.0 Å². The minimum Gasteiger partial charge on any atom is -0.497 e. The second kappa shape index (κ2) is 7.95. The Morgan fingerprint density at radius 1 is 1.24 bits per heavy atom. The number of piperidine rings is 1. The van der Waals surface area contributed by atoms with Crippen LogP contribution in [0.15, 0.2) is 18.2 Å². The highest BCUT2D eigenvalue weighted by Crippen LogP contribution is 2.35. The third-order valence-corrected chi connectivity index (χ3v) is 5.33. The van der Waals surface area contributed by atoms with Gasteiger partial charge >= 0.3 is 6.03 Å². The molecule has 2 atom stereocenters. The third-order valence-electron chi connectivity index (χ3n) is 5.33. The van der Waals surface area contributed by atoms with Crippen molar-refractivity contribution in [3.63, 3.8) is 0 Å². The van der Waals surface area contributed by atoms with Crippen molar-refractivity contribution >= 4 is 6.03 Å². The molecule has 0 aromatic heterocycles. The Labute approximate surface area is 149 Å². The molecular formula is C19H28N2O4. The van der Waals surface area contributed by atoms with Gasteiger partial charge in [0, 0.05) is 18.6 Å². The zero-order valence-corrected chi connectivity index (χ0v) is 15.0. The van der Waals surface area contributed by atoms with Gasteiger partial charge in [0.2, 0.25) is 0 Å². The number of carbonyl (C=O) groups excluding carboxylic acids is 1. The molecule has 2 aliphatic rings. The number of rotatable bonds is 6. The fraction of sp³-hybridized carbons (Fsp3) is 0.632. The number of urea groups is 1. The number of aliphatic hydroxyl groups is 1. The maximum Gasteiger partial charge on any atom is 0.317 e. The molecule has 0 radical (unpaired) electrons. The molecule has 2 bridgehead atoms. The first kappa shape index (κ1) is 17.9. The number of ether oxygens (including phenoxy) is 2. The lowest BCUT2D eigenvalue weighted by atomic mass is 10.0. The summed E-state index contributed by atoms with van der Waals surface area (Å²) in [7, 11) is 3.31. The standard InChI is InChI=1S/C19H28N2O4/c1-24-17-7-8-18(25-2)13(10-17)4-3-9-20-19(23)21-14-5-6-15(21)12-16(22)11-14/h7-8,10,14-16,22H,3-6,9,11-12H2,1-2H3,(H,20,23). The molecule has 25 heavy (non-hydrogen) atoms. The van der Waals surface area contributed by atoms with E-state index in [1.807, 2.05) is 23.1 Å². The van der Waals surface area contributed by atoms with E-state index in [1.165, 1.54) is 0 Å². The van der Waals surface area contributed by atoms with E-state index < -0.39 is 0 Å². The molecule has 3 rings (SSSR count). The van der Waals surface area contributed by atoms with Gasteiger partial charge in [0.15, 0.2) is 0 Å². The summed E-state index contributed by atoms with van der Waals surface area (Å²) >= 11 is 0. The van der Waals surface area contributed by atoms with Gasteiger partial charge in [-0.05, 0) is 62.3 Å². The van der Waals surface area contributed by atoms with Gasteiger partial charge in [-0.25, -0.2) is 4.79 Å². The molecule has 1 aromatic rings. The maximum atomic E-state index is 12.5. The number of aryl methyl sites for hydroxylation is 1. The van der Waals surface area contributed by atoms with Crippen molar-refractivity contribution in [2.24, 2.45) is 0 Å². The van der Waals surface area contributed by atoms with Crippen LogP contribution in [0.25, 0.3) is 0 Å². The van der Waals surface area contributed by atoms with Crippen molar-refractivity contribution < 1.29 is 19.4 Å². The van der Waals surface area contributed by atoms with Crippen LogP contribution in [0.5, 0.6) is 11.5 Å². The smallest absolute Gasteiger partial charge is 0.317 e. The van der Waals surface area contributed by atoms with Crippen LogP contribution in [0.4, 0.5) is 4.79 Å². The van der Waals surface area contributed by atoms with Gasteiger partial charge in [-0.1, -0.05) is 0 Å². The Kier molecular flexibility index (Phi) is 5.68. The van der Waals surface area contributed by atoms with Gasteiger partial charge in [-0.15, -0.1) is 0 Å². The van der Waals surface area contributed by atoms with E-state index >= 15 is 0 Å². The summed E-state index contributed by atoms with van der Waals surface area (Å²) in [5.41, 5.74) is 1.08. The molecule has 2 saturated heterocycles. The van der Waals surface area contributed by atoms with Crippen LogP contribution in [0.2, 0.25) is 0 Å². The summed E-state index contributed by atoms with van der Waals surface area (Å²) in [5.74, 6) is 1.65. The molecule has 6 nitrogen and oxygen atoms in total. The molecule has 2 aliphatic heterocycles. The van der Waals surface area contributed by atoms with Crippen molar-refractivity contribution in [1.29, 1.82) is 0 Å². The third kappa shape index (κ3) is 4.00. The fourth-order valence-corrected chi connectivity index (χ4v) is 4.12. The first-order valence-electron chi connectivity index (χ1n) is 9.07. The summed E-state index contributed by atoms with van der Waals surface area (Å²) < 4.78 is 10.7. The Hall–Kier alpha value is -1.95. The molecule has 2 heterocycles. The molecule has 138 valence electrons. The predicted octanol–water partition coefficient (Wildman–Crippen LogP) is 2.33. The molecule has 0 spiro atoms. The van der Waals surface area contributed by atoms with Crippen LogP contribution < -0.4 is 14.8 Å². The van der Waals surface area contributed by atoms with Crippen LogP contribution >= 0.6 is 0 Å². The molecule has 2 unspecified atom stereocenters. The van der Waals surface area contributed by atoms with E-state index in [0.29, 0.717) is 19.4 Å². The van der Waals surface area contributed by atoms with E-state index in [4.69, 9.17) is 9.47 Å². The number of hydrogen-bond acceptors (Lipinski definition) is 4. The van der Waals surface area contributed by atoms with E-state index in [0.717, 1.165) is 42.7 Å². The number of nitrogens with zero attached hydrogens (tertiary/aromatic N) is 1. The largest absolute Gasteiger partial charge is 0.497 e. The number of hydrogen-bond donors (Lipinski definition) is 2. The number of aliphatic hydroxyl groups excluding tert-OH is 1. The summed E-state index contributed by atoms with van der Waals surface area (Å²) in [6, 6.07) is 6.18. The van der Waals surface area contributed by atoms with Gasteiger partial charge in [0.25, 0.3) is 0 Å². The number of carbonyl (C=O) groups is 1. The summed E-state index contributed by atoms with van der Waals surface area (Å²) in [6.07, 6.45) is 4.84. The molecule has 0 saturated carbocycles. The lowest BCUT2D eigenvalue weighted by molar-refractivity contribution is 0.0543. The van der Waals surface area contributed by atoms with Crippen molar-refractivity contribution in [3.8, 4) is 11.5 Å². The number of nitrogens with one attached hydrogen (secondary N) is 1. The van der Waals surface area contributed by atoms with Crippen molar-refractivity contribution in [3.05, 3.63) is 23.8 Å². The molecular weight excluding hydrogens is 320 g/mol. The van der Waals surface area contributed by atoms with Crippen LogP contribution in [0.1, 0.15) is 37.7 Å². The summed E-state index contributed by atoms with van der Waals surface area (Å²) in [6.45, 7) is 0.623. The van der Waals surface area contributed by atoms with E-state index in [2.05, 4.69) is 5.32 Å². The Bertz CT molecular complexity index is 593. The first-order chi connectivity index (χ1) is 12.1. The highest BCUT2D eigenvalue weighted by Gasteiger charge is 2.42. The molecule has 0 aliphatic carbocycles. The van der Waals surface area contributed by atoms with E-state index in [1.54, 1.807) is 14.2 Å². The molecule has 1 aromatic carbocycles. The molecule has 2 N–H and O–H groups in total. The Morgan fingerprint density at radius 2 is 1.96 bits per heavy atom. The van der Waals surface area contributed by atoms with Gasteiger partial charge < -0.3 is 24.8 Å². The molecule has 2 amide bonds. The maximum absolute atomic E-state index is 12.5. The van der Waals surface area contributed by atoms with Gasteiger partial charge in [0.05, 0.1) is 20.3 Å². The fourth-order valence-electron chi connectivity index (χ4n) is 4.12. The zero-order chi connectivity index (χ0) is 17.8. The number of benzene rings is 1. The zero-order valence-electron chi connectivity index (χ0n) is 15.0. The van der Waals surface area contributed by atoms with Gasteiger partial charge in [0.1, 0.15) is 11.5 Å². The Balaban J connectivity index is 1.48. The molecule has 6 heteroatoms. The SMILES string of the molecule is COc1ccc(OC)c(CCCNC(=O)N2C3CCC2CC(O)C3)c1. The highest BCUT2D eigenvalue weighted by molar-refractivity contribution is 5.75. The van der Waals surface area contributed by atoms with Crippen LogP contribution in [0, 0.1) is 0 Å². The average Bonchev–Trinajstić information content (AvgIpc) is 2.90. The number of amides is 2. The lowest BCUT2D eigenvalue weighted by Gasteiger charge is -2.37. The van der Waals surface area contributed by atoms with Crippen molar-refractivity contribution in [2.45, 2.75) is 56.7 Å². The summed E-state index contributed by atoms with van der Waals surface area (Å²) in [4.78, 5) is 14.4. The minimum absolute atomic E-state index is 0.0111. The summed E-state index contributed by atoms with van der Waals surface area (Å²) in [5, 5.41) is 12.9. The van der Waals surface area contributed by atoms with Crippen LogP contribution in [0.3, 0.4) is 0 Å². The lowest BCUT2D eigenvalue weighted by Crippen LogP contribution is -2.52. The Morgan fingerprint density at radius 3 is 2.60 bits per heavy atom. The van der Waals surface area contributed by atoms with E-state index in [9.17, 15) is 9.90 Å². The number of methoxy groups -OCH3 is 2. The van der Waals surface area contributed by atoms with Crippen molar-refractivity contribution in [2.75, 3.05) is 20.8 Å². The van der Waals surface area contributed by atoms with Gasteiger partial charge in [-0.3, -0.25) is 0 Å². The normalized spacial score (nSPS) is 24.9. The van der Waals surface area contributed by atoms with E-state index in [-0.39, 0.29) is 24.2 Å². The highest BCUT2D eigenvalue weighted by atomic mass is 16.5. The predicted molar refractivity (Wildman–Crippen MR) is 95.2 cm³/mol. The minimum atomic E-state index is -0.248. The van der Waals surface area contributed by atoms with Crippen molar-refractivity contribution in [1.82, 2.24) is 10.2 Å². The van der Waals surface area contributed by atoms with Gasteiger partial charge in [-0.2, -0.15) is 0 Å². The van der Waals surface area contributed by atoms with Crippen LogP contribution in [-0.4, -0.2) is 55.0 Å². The number of fused-ring (bicyclic) bond motifs is 2.